The maximum Gasteiger partial charge on any atom is 0.150 e. The minimum absolute atomic E-state index is 0.265. The summed E-state index contributed by atoms with van der Waals surface area (Å²) >= 11 is 0. The van der Waals surface area contributed by atoms with E-state index < -0.39 is 9.84 Å². The number of allylic oxidation sites excluding steroid dienone is 2. The minimum Gasteiger partial charge on any atom is -0.299 e. The first-order chi connectivity index (χ1) is 5.64. The first-order valence-electron chi connectivity index (χ1n) is 3.96. The van der Waals surface area contributed by atoms with Gasteiger partial charge in [0.05, 0.1) is 11.5 Å². The van der Waals surface area contributed by atoms with Gasteiger partial charge in [0.15, 0.2) is 0 Å². The summed E-state index contributed by atoms with van der Waals surface area (Å²) in [5, 5.41) is 0. The van der Waals surface area contributed by atoms with Crippen LogP contribution in [0.4, 0.5) is 0 Å². The zero-order chi connectivity index (χ0) is 9.03. The van der Waals surface area contributed by atoms with E-state index in [2.05, 4.69) is 0 Å². The molecule has 4 heteroatoms. The highest BCUT2D eigenvalue weighted by molar-refractivity contribution is 7.91. The van der Waals surface area contributed by atoms with Gasteiger partial charge in [-0.2, -0.15) is 0 Å². The first-order valence-corrected chi connectivity index (χ1v) is 5.78. The van der Waals surface area contributed by atoms with E-state index in [1.807, 2.05) is 0 Å². The van der Waals surface area contributed by atoms with Gasteiger partial charge < -0.3 is 0 Å². The van der Waals surface area contributed by atoms with Crippen molar-refractivity contribution in [2.45, 2.75) is 12.8 Å². The topological polar surface area (TPSA) is 51.2 Å². The smallest absolute Gasteiger partial charge is 0.150 e. The number of sulfone groups is 1. The normalized spacial score (nSPS) is 24.3. The zero-order valence-corrected chi connectivity index (χ0v) is 7.59. The molecule has 12 heavy (non-hydrogen) atoms. The van der Waals surface area contributed by atoms with Crippen molar-refractivity contribution >= 4 is 16.1 Å². The lowest BCUT2D eigenvalue weighted by molar-refractivity contribution is -0.104. The van der Waals surface area contributed by atoms with Crippen molar-refractivity contribution in [2.75, 3.05) is 11.5 Å². The van der Waals surface area contributed by atoms with Crippen molar-refractivity contribution in [3.63, 3.8) is 0 Å². The molecule has 0 atom stereocenters. The maximum atomic E-state index is 11.0. The Morgan fingerprint density at radius 2 is 1.75 bits per heavy atom. The number of aldehydes is 1. The molecule has 0 aromatic carbocycles. The molecule has 0 aliphatic carbocycles. The van der Waals surface area contributed by atoms with Gasteiger partial charge >= 0.3 is 0 Å². The van der Waals surface area contributed by atoms with Crippen LogP contribution >= 0.6 is 0 Å². The molecule has 1 saturated heterocycles. The molecule has 0 bridgehead atoms. The Kier molecular flexibility index (Phi) is 3.03. The van der Waals surface area contributed by atoms with Gasteiger partial charge in [-0.15, -0.1) is 0 Å². The van der Waals surface area contributed by atoms with Crippen LogP contribution in [-0.4, -0.2) is 26.2 Å². The fourth-order valence-electron chi connectivity index (χ4n) is 1.30. The number of carbonyl (C=O) groups excluding carboxylic acids is 1. The third-order valence-corrected chi connectivity index (χ3v) is 3.78. The van der Waals surface area contributed by atoms with Crippen LogP contribution in [0.5, 0.6) is 0 Å². The highest BCUT2D eigenvalue weighted by Gasteiger charge is 2.21. The molecule has 0 unspecified atom stereocenters. The van der Waals surface area contributed by atoms with Crippen LogP contribution in [0.2, 0.25) is 0 Å². The van der Waals surface area contributed by atoms with E-state index in [4.69, 9.17) is 0 Å². The van der Waals surface area contributed by atoms with Gasteiger partial charge in [0.25, 0.3) is 0 Å². The molecule has 1 aliphatic heterocycles. The van der Waals surface area contributed by atoms with Crippen LogP contribution in [0.15, 0.2) is 12.2 Å². The molecule has 3 nitrogen and oxygen atoms in total. The number of hydrogen-bond acceptors (Lipinski definition) is 3. The molecule has 1 fully saturated rings. The molecule has 0 spiro atoms. The average Bonchev–Trinajstić information content (AvgIpc) is 2.03. The van der Waals surface area contributed by atoms with E-state index in [-0.39, 0.29) is 17.4 Å². The van der Waals surface area contributed by atoms with E-state index in [1.165, 1.54) is 6.08 Å². The van der Waals surface area contributed by atoms with Gasteiger partial charge in [0.2, 0.25) is 0 Å². The van der Waals surface area contributed by atoms with Crippen molar-refractivity contribution in [1.82, 2.24) is 0 Å². The van der Waals surface area contributed by atoms with E-state index in [1.54, 1.807) is 6.08 Å². The first kappa shape index (κ1) is 9.45. The van der Waals surface area contributed by atoms with Crippen molar-refractivity contribution in [3.05, 3.63) is 12.2 Å². The summed E-state index contributed by atoms with van der Waals surface area (Å²) in [6.45, 7) is 0. The van der Waals surface area contributed by atoms with Gasteiger partial charge in [-0.05, 0) is 24.8 Å². The number of hydrogen-bond donors (Lipinski definition) is 0. The fourth-order valence-corrected chi connectivity index (χ4v) is 2.83. The van der Waals surface area contributed by atoms with Gasteiger partial charge in [0, 0.05) is 0 Å². The Hall–Kier alpha value is -0.640. The summed E-state index contributed by atoms with van der Waals surface area (Å²) < 4.78 is 22.0. The van der Waals surface area contributed by atoms with Gasteiger partial charge in [0.1, 0.15) is 16.1 Å². The predicted molar refractivity (Wildman–Crippen MR) is 46.6 cm³/mol. The number of carbonyl (C=O) groups is 1. The Labute approximate surface area is 72.4 Å². The average molecular weight is 188 g/mol. The van der Waals surface area contributed by atoms with Crippen LogP contribution < -0.4 is 0 Å². The number of rotatable bonds is 2. The highest BCUT2D eigenvalue weighted by Crippen LogP contribution is 2.19. The lowest BCUT2D eigenvalue weighted by atomic mass is 10.0. The summed E-state index contributed by atoms with van der Waals surface area (Å²) in [5.74, 6) is 0.806. The third-order valence-electron chi connectivity index (χ3n) is 2.06. The molecule has 0 N–H and O–H groups in total. The third kappa shape index (κ3) is 2.77. The summed E-state index contributed by atoms with van der Waals surface area (Å²) in [4.78, 5) is 9.97. The lowest BCUT2D eigenvalue weighted by Crippen LogP contribution is -2.22. The lowest BCUT2D eigenvalue weighted by Gasteiger charge is -2.17. The zero-order valence-electron chi connectivity index (χ0n) is 6.77. The van der Waals surface area contributed by atoms with E-state index in [0.717, 1.165) is 6.29 Å². The summed E-state index contributed by atoms with van der Waals surface area (Å²) in [5.41, 5.74) is 0. The quantitative estimate of drug-likeness (QED) is 0.470. The van der Waals surface area contributed by atoms with Gasteiger partial charge in [-0.25, -0.2) is 8.42 Å². The van der Waals surface area contributed by atoms with Crippen molar-refractivity contribution in [1.29, 1.82) is 0 Å². The van der Waals surface area contributed by atoms with Crippen LogP contribution in [0.3, 0.4) is 0 Å². The van der Waals surface area contributed by atoms with Crippen LogP contribution in [0.1, 0.15) is 12.8 Å². The molecule has 0 aromatic rings. The van der Waals surface area contributed by atoms with Crippen molar-refractivity contribution in [3.8, 4) is 0 Å². The summed E-state index contributed by atoms with van der Waals surface area (Å²) in [6.07, 6.45) is 5.28. The molecule has 0 radical (unpaired) electrons. The Balaban J connectivity index is 2.46. The Morgan fingerprint density at radius 3 is 2.25 bits per heavy atom. The maximum absolute atomic E-state index is 11.0. The predicted octanol–water partition coefficient (Wildman–Crippen LogP) is 0.566. The SMILES string of the molecule is O=C/C=C/C1CCS(=O)(=O)CC1. The summed E-state index contributed by atoms with van der Waals surface area (Å²) in [6, 6.07) is 0. The van der Waals surface area contributed by atoms with Crippen molar-refractivity contribution in [2.24, 2.45) is 5.92 Å². The van der Waals surface area contributed by atoms with Crippen LogP contribution in [-0.2, 0) is 14.6 Å². The molecule has 0 aromatic heterocycles. The fraction of sp³-hybridized carbons (Fsp3) is 0.625. The molecule has 0 amide bonds. The minimum atomic E-state index is -2.76. The Bertz CT molecular complexity index is 263. The largest absolute Gasteiger partial charge is 0.299 e. The highest BCUT2D eigenvalue weighted by atomic mass is 32.2. The molecular formula is C8H12O3S. The molecule has 1 heterocycles. The van der Waals surface area contributed by atoms with E-state index >= 15 is 0 Å². The molecule has 68 valence electrons. The molecule has 1 rings (SSSR count). The Morgan fingerprint density at radius 1 is 1.17 bits per heavy atom. The molecule has 1 aliphatic rings. The second kappa shape index (κ2) is 3.85. The summed E-state index contributed by atoms with van der Waals surface area (Å²) in [7, 11) is -2.76. The second-order valence-corrected chi connectivity index (χ2v) is 5.31. The molecular weight excluding hydrogens is 176 g/mol. The van der Waals surface area contributed by atoms with Crippen molar-refractivity contribution < 1.29 is 13.2 Å². The van der Waals surface area contributed by atoms with Crippen LogP contribution in [0.25, 0.3) is 0 Å². The standard InChI is InChI=1S/C8H12O3S/c9-5-1-2-8-3-6-12(10,11)7-4-8/h1-2,5,8H,3-4,6-7H2/b2-1+. The van der Waals surface area contributed by atoms with Crippen LogP contribution in [0, 0.1) is 5.92 Å². The van der Waals surface area contributed by atoms with Gasteiger partial charge in [-0.3, -0.25) is 4.79 Å². The monoisotopic (exact) mass is 188 g/mol. The van der Waals surface area contributed by atoms with E-state index in [9.17, 15) is 13.2 Å². The van der Waals surface area contributed by atoms with Gasteiger partial charge in [-0.1, -0.05) is 6.08 Å². The van der Waals surface area contributed by atoms with E-state index in [0.29, 0.717) is 12.8 Å². The molecule has 0 saturated carbocycles. The second-order valence-electron chi connectivity index (χ2n) is 3.01.